The Morgan fingerprint density at radius 1 is 0.822 bits per heavy atom. The molecule has 0 aliphatic rings. The van der Waals surface area contributed by atoms with E-state index in [2.05, 4.69) is 4.99 Å². The van der Waals surface area contributed by atoms with Gasteiger partial charge >= 0.3 is 0 Å². The summed E-state index contributed by atoms with van der Waals surface area (Å²) in [5.41, 5.74) is 10.4. The van der Waals surface area contributed by atoms with E-state index in [1.165, 1.54) is 37.3 Å². The van der Waals surface area contributed by atoms with Crippen molar-refractivity contribution in [1.82, 2.24) is 0 Å². The van der Waals surface area contributed by atoms with Gasteiger partial charge in [-0.15, -0.1) is 0 Å². The quantitative estimate of drug-likeness (QED) is 0.0825. The number of guanidine groups is 1. The van der Waals surface area contributed by atoms with E-state index in [9.17, 15) is 22.0 Å². The Balaban J connectivity index is 1.71. The first kappa shape index (κ1) is 37.7. The lowest BCUT2D eigenvalue weighted by Gasteiger charge is -2.10. The molecule has 2 aromatic carbocycles. The van der Waals surface area contributed by atoms with Crippen LogP contribution in [0.25, 0.3) is 6.08 Å². The van der Waals surface area contributed by atoms with Gasteiger partial charge in [-0.25, -0.2) is 17.2 Å². The highest BCUT2D eigenvalue weighted by atomic mass is 32.2. The number of sulfone groups is 1. The fourth-order valence-corrected chi connectivity index (χ4v) is 4.89. The molecule has 0 aliphatic carbocycles. The summed E-state index contributed by atoms with van der Waals surface area (Å²) < 4.78 is 86.6. The normalized spacial score (nSPS) is 11.9. The number of rotatable bonds is 22. The number of nitrogens with two attached hydrogens (primary N) is 2. The molecule has 0 aromatic heterocycles. The summed E-state index contributed by atoms with van der Waals surface area (Å²) in [7, 11) is -3.62. The summed E-state index contributed by atoms with van der Waals surface area (Å²) in [4.78, 5) is 15.2. The van der Waals surface area contributed by atoms with Crippen LogP contribution in [-0.2, 0) is 38.3 Å². The number of aliphatic imine (C=N–C) groups is 1. The van der Waals surface area contributed by atoms with Crippen LogP contribution in [0.5, 0.6) is 11.5 Å². The molecule has 0 atom stereocenters. The number of nitrogens with zero attached hydrogens (tertiary/aromatic N) is 1. The molecule has 0 radical (unpaired) electrons. The fourth-order valence-electron chi connectivity index (χ4n) is 3.60. The average molecular weight is 658 g/mol. The topological polar surface area (TPSA) is 171 Å². The van der Waals surface area contributed by atoms with Crippen LogP contribution in [0.1, 0.15) is 25.8 Å². The minimum absolute atomic E-state index is 0.0220. The molecular formula is C30H41F2N3O9S. The van der Waals surface area contributed by atoms with Crippen LogP contribution >= 0.6 is 0 Å². The Bertz CT molecular complexity index is 1340. The van der Waals surface area contributed by atoms with Crippen molar-refractivity contribution in [3.8, 4) is 11.5 Å². The van der Waals surface area contributed by atoms with Gasteiger partial charge in [0.2, 0.25) is 0 Å². The molecule has 0 aliphatic heterocycles. The molecule has 4 N–H and O–H groups in total. The maximum Gasteiger partial charge on any atom is 0.275 e. The van der Waals surface area contributed by atoms with E-state index in [1.807, 2.05) is 6.92 Å². The van der Waals surface area contributed by atoms with Crippen LogP contribution < -0.4 is 16.2 Å². The zero-order chi connectivity index (χ0) is 33.1. The summed E-state index contributed by atoms with van der Waals surface area (Å²) in [6, 6.07) is 7.11. The highest BCUT2D eigenvalue weighted by Gasteiger charge is 2.17. The third-order valence-corrected chi connectivity index (χ3v) is 7.58. The molecule has 15 heteroatoms. The number of ether oxygens (including phenoxy) is 6. The highest BCUT2D eigenvalue weighted by Crippen LogP contribution is 2.30. The van der Waals surface area contributed by atoms with Crippen molar-refractivity contribution < 1.29 is 50.4 Å². The van der Waals surface area contributed by atoms with Crippen molar-refractivity contribution in [1.29, 1.82) is 0 Å². The Morgan fingerprint density at radius 2 is 1.31 bits per heavy atom. The van der Waals surface area contributed by atoms with Crippen LogP contribution in [0.4, 0.5) is 8.78 Å². The molecule has 0 heterocycles. The van der Waals surface area contributed by atoms with Crippen molar-refractivity contribution in [2.24, 2.45) is 16.5 Å². The number of halogens is 2. The van der Waals surface area contributed by atoms with Gasteiger partial charge in [0.25, 0.3) is 5.91 Å². The molecule has 0 fully saturated rings. The molecule has 12 nitrogen and oxygen atoms in total. The van der Waals surface area contributed by atoms with Crippen molar-refractivity contribution in [2.45, 2.75) is 25.2 Å². The lowest BCUT2D eigenvalue weighted by molar-refractivity contribution is -0.114. The SMILES string of the molecule is CCOCCOCCOCCOCCOCCCS(=O)(=O)c1ccc(Oc2c(F)cc(/C=C(\C)C(=O)N=C(N)N)cc2F)cc1. The summed E-state index contributed by atoms with van der Waals surface area (Å²) in [6.07, 6.45) is 1.48. The van der Waals surface area contributed by atoms with Gasteiger partial charge in [0.05, 0.1) is 63.5 Å². The molecule has 45 heavy (non-hydrogen) atoms. The van der Waals surface area contributed by atoms with Gasteiger partial charge in [0.1, 0.15) is 5.75 Å². The van der Waals surface area contributed by atoms with Gasteiger partial charge < -0.3 is 39.9 Å². The number of carbonyl (C=O) groups is 1. The van der Waals surface area contributed by atoms with Crippen molar-refractivity contribution in [3.63, 3.8) is 0 Å². The monoisotopic (exact) mass is 657 g/mol. The summed E-state index contributed by atoms with van der Waals surface area (Å²) in [5.74, 6) is -4.09. The molecule has 0 saturated heterocycles. The number of benzene rings is 2. The molecule has 0 saturated carbocycles. The smallest absolute Gasteiger partial charge is 0.275 e. The molecule has 0 bridgehead atoms. The second-order valence-corrected chi connectivity index (χ2v) is 11.5. The Morgan fingerprint density at radius 3 is 1.80 bits per heavy atom. The number of carbonyl (C=O) groups excluding carboxylic acids is 1. The zero-order valence-corrected chi connectivity index (χ0v) is 26.3. The van der Waals surface area contributed by atoms with Crippen LogP contribution in [0.3, 0.4) is 0 Å². The predicted octanol–water partition coefficient (Wildman–Crippen LogP) is 3.23. The Labute approximate surface area is 262 Å². The average Bonchev–Trinajstić information content (AvgIpc) is 2.98. The molecule has 2 rings (SSSR count). The van der Waals surface area contributed by atoms with E-state index < -0.39 is 39.1 Å². The molecule has 0 unspecified atom stereocenters. The molecule has 0 spiro atoms. The van der Waals surface area contributed by atoms with E-state index in [0.717, 1.165) is 12.1 Å². The van der Waals surface area contributed by atoms with Crippen molar-refractivity contribution in [2.75, 3.05) is 71.8 Å². The lowest BCUT2D eigenvalue weighted by Crippen LogP contribution is -2.24. The maximum atomic E-state index is 14.6. The van der Waals surface area contributed by atoms with Gasteiger partial charge in [-0.1, -0.05) is 0 Å². The second kappa shape index (κ2) is 20.5. The first-order chi connectivity index (χ1) is 21.5. The summed E-state index contributed by atoms with van der Waals surface area (Å²) >= 11 is 0. The largest absolute Gasteiger partial charge is 0.451 e. The Hall–Kier alpha value is -3.47. The number of amides is 1. The number of hydrogen-bond donors (Lipinski definition) is 2. The highest BCUT2D eigenvalue weighted by molar-refractivity contribution is 7.91. The van der Waals surface area contributed by atoms with E-state index in [-0.39, 0.29) is 40.6 Å². The molecule has 2 aromatic rings. The van der Waals surface area contributed by atoms with Gasteiger partial charge in [-0.05, 0) is 68.3 Å². The maximum absolute atomic E-state index is 14.6. The van der Waals surface area contributed by atoms with Gasteiger partial charge in [0, 0.05) is 18.8 Å². The number of hydrogen-bond acceptors (Lipinski definition) is 9. The van der Waals surface area contributed by atoms with E-state index in [4.69, 9.17) is 39.9 Å². The minimum atomic E-state index is -3.62. The van der Waals surface area contributed by atoms with Gasteiger partial charge in [-0.3, -0.25) is 4.79 Å². The lowest BCUT2D eigenvalue weighted by atomic mass is 10.1. The molecule has 1 amide bonds. The van der Waals surface area contributed by atoms with Crippen LogP contribution in [-0.4, -0.2) is 92.1 Å². The molecule has 250 valence electrons. The standard InChI is InChI=1S/C30H41F2N3O9S/c1-3-39-10-11-41-14-15-43-17-16-42-13-12-40-9-4-18-45(37,38)25-7-5-24(6-8-25)44-28-26(31)20-23(21-27(28)32)19-22(2)29(36)35-30(33)34/h5-8,19-21H,3-4,9-18H2,1-2H3,(H4,33,34,35,36)/b22-19+. The zero-order valence-electron chi connectivity index (χ0n) is 25.5. The van der Waals surface area contributed by atoms with Gasteiger partial charge in [-0.2, -0.15) is 4.99 Å². The third kappa shape index (κ3) is 14.9. The summed E-state index contributed by atoms with van der Waals surface area (Å²) in [6.45, 7) is 7.74. The van der Waals surface area contributed by atoms with Crippen molar-refractivity contribution >= 4 is 27.8 Å². The van der Waals surface area contributed by atoms with Crippen LogP contribution in [0.2, 0.25) is 0 Å². The van der Waals surface area contributed by atoms with E-state index in [1.54, 1.807) is 0 Å². The summed E-state index contributed by atoms with van der Waals surface area (Å²) in [5, 5.41) is 0. The molecular weight excluding hydrogens is 616 g/mol. The minimum Gasteiger partial charge on any atom is -0.451 e. The van der Waals surface area contributed by atoms with E-state index >= 15 is 0 Å². The first-order valence-electron chi connectivity index (χ1n) is 14.2. The third-order valence-electron chi connectivity index (χ3n) is 5.77. The first-order valence-corrected chi connectivity index (χ1v) is 15.9. The van der Waals surface area contributed by atoms with Crippen LogP contribution in [0, 0.1) is 11.6 Å². The fraction of sp³-hybridized carbons (Fsp3) is 0.467. The van der Waals surface area contributed by atoms with E-state index in [0.29, 0.717) is 59.5 Å². The Kier molecular flexibility index (Phi) is 17.2. The second-order valence-electron chi connectivity index (χ2n) is 9.38. The van der Waals surface area contributed by atoms with Crippen molar-refractivity contribution in [3.05, 3.63) is 59.2 Å². The van der Waals surface area contributed by atoms with Crippen LogP contribution in [0.15, 0.2) is 51.9 Å². The predicted molar refractivity (Wildman–Crippen MR) is 164 cm³/mol. The van der Waals surface area contributed by atoms with Gasteiger partial charge in [0.15, 0.2) is 33.2 Å².